The lowest BCUT2D eigenvalue weighted by Gasteiger charge is -2.34. The number of non-ortho nitro benzene ring substituents is 1. The van der Waals surface area contributed by atoms with E-state index in [-0.39, 0.29) is 23.4 Å². The van der Waals surface area contributed by atoms with E-state index in [0.717, 1.165) is 31.9 Å². The summed E-state index contributed by atoms with van der Waals surface area (Å²) >= 11 is 1.18. The van der Waals surface area contributed by atoms with Crippen molar-refractivity contribution in [2.75, 3.05) is 51.8 Å². The molecule has 12 heteroatoms. The number of nitro groups is 1. The van der Waals surface area contributed by atoms with Gasteiger partial charge in [-0.25, -0.2) is 9.79 Å². The van der Waals surface area contributed by atoms with E-state index in [2.05, 4.69) is 21.8 Å². The Labute approximate surface area is 240 Å². The molecule has 2 aliphatic heterocycles. The van der Waals surface area contributed by atoms with Gasteiger partial charge in [0, 0.05) is 49.6 Å². The first-order valence-electron chi connectivity index (χ1n) is 13.3. The molecule has 11 nitrogen and oxygen atoms in total. The van der Waals surface area contributed by atoms with Crippen LogP contribution < -0.4 is 24.5 Å². The van der Waals surface area contributed by atoms with E-state index in [1.165, 1.54) is 28.0 Å². The number of likely N-dealkylation sites (N-methyl/N-ethyl adjacent to an activating group) is 1. The van der Waals surface area contributed by atoms with Gasteiger partial charge in [0.25, 0.3) is 11.2 Å². The molecule has 1 fully saturated rings. The molecule has 2 aromatic carbocycles. The lowest BCUT2D eigenvalue weighted by molar-refractivity contribution is -0.384. The van der Waals surface area contributed by atoms with Gasteiger partial charge in [-0.15, -0.1) is 0 Å². The van der Waals surface area contributed by atoms with Gasteiger partial charge in [-0.1, -0.05) is 23.5 Å². The predicted molar refractivity (Wildman–Crippen MR) is 156 cm³/mol. The number of carbonyl (C=O) groups is 1. The summed E-state index contributed by atoms with van der Waals surface area (Å²) in [6.45, 7) is 6.87. The molecular weight excluding hydrogens is 546 g/mol. The highest BCUT2D eigenvalue weighted by Gasteiger charge is 2.33. The van der Waals surface area contributed by atoms with Crippen LogP contribution in [-0.2, 0) is 9.53 Å². The van der Waals surface area contributed by atoms with Gasteiger partial charge in [0.1, 0.15) is 5.75 Å². The highest BCUT2D eigenvalue weighted by Crippen LogP contribution is 2.32. The number of benzene rings is 2. The maximum Gasteiger partial charge on any atom is 0.338 e. The van der Waals surface area contributed by atoms with Crippen molar-refractivity contribution >= 4 is 34.8 Å². The summed E-state index contributed by atoms with van der Waals surface area (Å²) in [5.41, 5.74) is 2.44. The van der Waals surface area contributed by atoms with Crippen LogP contribution in [0.25, 0.3) is 6.08 Å². The smallest absolute Gasteiger partial charge is 0.338 e. The van der Waals surface area contributed by atoms with Crippen LogP contribution in [0.5, 0.6) is 5.75 Å². The molecule has 0 unspecified atom stereocenters. The largest absolute Gasteiger partial charge is 0.497 e. The van der Waals surface area contributed by atoms with Crippen molar-refractivity contribution in [1.29, 1.82) is 0 Å². The maximum atomic E-state index is 14.0. The fourth-order valence-electron chi connectivity index (χ4n) is 5.14. The normalized spacial score (nSPS) is 17.7. The molecule has 1 saturated heterocycles. The Morgan fingerprint density at radius 3 is 2.51 bits per heavy atom. The molecule has 0 radical (unpaired) electrons. The predicted octanol–water partition coefficient (Wildman–Crippen LogP) is 2.47. The summed E-state index contributed by atoms with van der Waals surface area (Å²) in [6.07, 6.45) is 1.69. The Hall–Kier alpha value is -4.29. The van der Waals surface area contributed by atoms with Gasteiger partial charge in [-0.05, 0) is 50.7 Å². The van der Waals surface area contributed by atoms with Gasteiger partial charge >= 0.3 is 5.97 Å². The summed E-state index contributed by atoms with van der Waals surface area (Å²) in [4.78, 5) is 47.8. The minimum atomic E-state index is -0.763. The minimum Gasteiger partial charge on any atom is -0.497 e. The highest BCUT2D eigenvalue weighted by atomic mass is 32.1. The van der Waals surface area contributed by atoms with Gasteiger partial charge in [-0.2, -0.15) is 0 Å². The molecule has 41 heavy (non-hydrogen) atoms. The topological polar surface area (TPSA) is 120 Å². The number of hydrogen-bond donors (Lipinski definition) is 0. The molecule has 2 aliphatic rings. The average molecular weight is 578 g/mol. The number of hydrogen-bond acceptors (Lipinski definition) is 10. The SMILES string of the molecule is CCOC(=O)C1=C(C)N=c2s/c(=C/c3cc([N+](=O)[O-])ccc3N3CCN(C)CC3)c(=O)n2[C@@H]1c1ccc(OC)cc1. The molecule has 1 atom stereocenters. The third-order valence-electron chi connectivity index (χ3n) is 7.30. The molecule has 0 aliphatic carbocycles. The number of allylic oxidation sites excluding steroid dienone is 1. The molecular formula is C29H31N5O6S. The van der Waals surface area contributed by atoms with E-state index in [0.29, 0.717) is 31.9 Å². The molecule has 5 rings (SSSR count). The maximum absolute atomic E-state index is 14.0. The van der Waals surface area contributed by atoms with Crippen LogP contribution in [0.1, 0.15) is 31.0 Å². The number of aromatic nitrogens is 1. The summed E-state index contributed by atoms with van der Waals surface area (Å²) in [7, 11) is 3.62. The van der Waals surface area contributed by atoms with Crippen molar-refractivity contribution in [2.24, 2.45) is 4.99 Å². The van der Waals surface area contributed by atoms with Crippen LogP contribution >= 0.6 is 11.3 Å². The van der Waals surface area contributed by atoms with E-state index in [4.69, 9.17) is 9.47 Å². The average Bonchev–Trinajstić information content (AvgIpc) is 3.26. The number of anilines is 1. The van der Waals surface area contributed by atoms with Crippen LogP contribution in [0, 0.1) is 10.1 Å². The standard InChI is InChI=1S/C29H31N5O6S/c1-5-40-28(36)25-18(2)30-29-33(26(25)19-6-9-22(39-4)10-7-19)27(35)24(41-29)17-20-16-21(34(37)38)8-11-23(20)32-14-12-31(3)13-15-32/h6-11,16-17,26H,5,12-15H2,1-4H3/b24-17+/t26-/m1/s1. The fraction of sp³-hybridized carbons (Fsp3) is 0.345. The van der Waals surface area contributed by atoms with Crippen molar-refractivity contribution in [3.05, 3.63) is 94.7 Å². The third kappa shape index (κ3) is 5.52. The van der Waals surface area contributed by atoms with Crippen molar-refractivity contribution in [2.45, 2.75) is 19.9 Å². The lowest BCUT2D eigenvalue weighted by atomic mass is 9.96. The molecule has 214 valence electrons. The zero-order chi connectivity index (χ0) is 29.3. The van der Waals surface area contributed by atoms with Crippen molar-refractivity contribution in [1.82, 2.24) is 9.47 Å². The second kappa shape index (κ2) is 11.7. The molecule has 3 aromatic rings. The Morgan fingerprint density at radius 2 is 1.88 bits per heavy atom. The van der Waals surface area contributed by atoms with Crippen molar-refractivity contribution in [3.63, 3.8) is 0 Å². The van der Waals surface area contributed by atoms with Gasteiger partial charge in [0.15, 0.2) is 4.80 Å². The minimum absolute atomic E-state index is 0.0570. The number of ether oxygens (including phenoxy) is 2. The van der Waals surface area contributed by atoms with Crippen LogP contribution in [0.2, 0.25) is 0 Å². The van der Waals surface area contributed by atoms with Gasteiger partial charge in [-0.3, -0.25) is 19.5 Å². The Morgan fingerprint density at radius 1 is 1.17 bits per heavy atom. The highest BCUT2D eigenvalue weighted by molar-refractivity contribution is 7.07. The number of methoxy groups -OCH3 is 1. The summed E-state index contributed by atoms with van der Waals surface area (Å²) in [5, 5.41) is 11.6. The Balaban J connectivity index is 1.69. The quantitative estimate of drug-likeness (QED) is 0.239. The second-order valence-corrected chi connectivity index (χ2v) is 10.9. The molecule has 0 saturated carbocycles. The zero-order valence-corrected chi connectivity index (χ0v) is 24.1. The number of thiazole rings is 1. The number of rotatable bonds is 7. The first-order chi connectivity index (χ1) is 19.7. The number of carbonyl (C=O) groups excluding carboxylic acids is 1. The molecule has 0 spiro atoms. The van der Waals surface area contributed by atoms with Crippen LogP contribution in [0.15, 0.2) is 63.5 Å². The summed E-state index contributed by atoms with van der Waals surface area (Å²) in [5.74, 6) is 0.0986. The van der Waals surface area contributed by atoms with Crippen LogP contribution in [0.3, 0.4) is 0 Å². The van der Waals surface area contributed by atoms with Crippen LogP contribution in [0.4, 0.5) is 11.4 Å². The van der Waals surface area contributed by atoms with E-state index >= 15 is 0 Å². The molecule has 1 aromatic heterocycles. The van der Waals surface area contributed by atoms with Gasteiger partial charge < -0.3 is 19.3 Å². The van der Waals surface area contributed by atoms with E-state index in [9.17, 15) is 19.7 Å². The van der Waals surface area contributed by atoms with E-state index in [1.807, 2.05) is 12.1 Å². The molecule has 0 amide bonds. The fourth-order valence-corrected chi connectivity index (χ4v) is 6.18. The second-order valence-electron chi connectivity index (χ2n) is 9.87. The molecule has 0 bridgehead atoms. The number of esters is 1. The summed E-state index contributed by atoms with van der Waals surface area (Å²) in [6, 6.07) is 11.1. The third-order valence-corrected chi connectivity index (χ3v) is 8.28. The monoisotopic (exact) mass is 577 g/mol. The Bertz CT molecular complexity index is 1700. The first kappa shape index (κ1) is 28.2. The molecule has 0 N–H and O–H groups in total. The first-order valence-corrected chi connectivity index (χ1v) is 14.1. The summed E-state index contributed by atoms with van der Waals surface area (Å²) < 4.78 is 12.5. The van der Waals surface area contributed by atoms with E-state index in [1.54, 1.807) is 45.2 Å². The number of nitrogens with zero attached hydrogens (tertiary/aromatic N) is 5. The number of nitro benzene ring substituents is 1. The number of fused-ring (bicyclic) bond motifs is 1. The lowest BCUT2D eigenvalue weighted by Crippen LogP contribution is -2.44. The van der Waals surface area contributed by atoms with Gasteiger partial charge in [0.2, 0.25) is 0 Å². The Kier molecular flexibility index (Phi) is 8.04. The molecule has 3 heterocycles. The van der Waals surface area contributed by atoms with Crippen molar-refractivity contribution < 1.29 is 19.2 Å². The van der Waals surface area contributed by atoms with E-state index < -0.39 is 16.9 Å². The zero-order valence-electron chi connectivity index (χ0n) is 23.3. The number of piperazine rings is 1. The van der Waals surface area contributed by atoms with Crippen LogP contribution in [-0.4, -0.2) is 67.3 Å². The van der Waals surface area contributed by atoms with Crippen molar-refractivity contribution in [3.8, 4) is 5.75 Å². The van der Waals surface area contributed by atoms with Gasteiger partial charge in [0.05, 0.1) is 40.5 Å².